The van der Waals surface area contributed by atoms with Crippen molar-refractivity contribution in [3.05, 3.63) is 47.9 Å². The Balaban J connectivity index is 1.51. The molecule has 1 saturated heterocycles. The molecule has 0 spiro atoms. The minimum Gasteiger partial charge on any atom is -0.444 e. The van der Waals surface area contributed by atoms with Crippen LogP contribution in [0, 0.1) is 11.6 Å². The Morgan fingerprint density at radius 1 is 1.12 bits per heavy atom. The molecular formula is C25H29F2N5O2. The Morgan fingerprint density at radius 2 is 1.88 bits per heavy atom. The number of ether oxygens (including phenoxy) is 1. The van der Waals surface area contributed by atoms with Crippen molar-refractivity contribution in [2.45, 2.75) is 58.1 Å². The highest BCUT2D eigenvalue weighted by atomic mass is 19.2. The Hall–Kier alpha value is -3.23. The van der Waals surface area contributed by atoms with Crippen LogP contribution in [0.1, 0.15) is 52.0 Å². The maximum absolute atomic E-state index is 14.0. The van der Waals surface area contributed by atoms with E-state index in [0.717, 1.165) is 35.7 Å². The third kappa shape index (κ3) is 4.19. The smallest absolute Gasteiger partial charge is 0.410 e. The first kappa shape index (κ1) is 22.6. The Bertz CT molecular complexity index is 1250. The van der Waals surface area contributed by atoms with Crippen molar-refractivity contribution in [1.82, 2.24) is 19.4 Å². The summed E-state index contributed by atoms with van der Waals surface area (Å²) in [7, 11) is 0. The number of benzene rings is 1. The number of carbonyl (C=O) groups is 1. The quantitative estimate of drug-likeness (QED) is 0.539. The fourth-order valence-electron chi connectivity index (χ4n) is 4.59. The van der Waals surface area contributed by atoms with Gasteiger partial charge in [-0.15, -0.1) is 0 Å². The van der Waals surface area contributed by atoms with Crippen molar-refractivity contribution in [1.29, 1.82) is 0 Å². The summed E-state index contributed by atoms with van der Waals surface area (Å²) in [5.41, 5.74) is 1.76. The minimum absolute atomic E-state index is 0.0121. The molecule has 3 aromatic rings. The number of fused-ring (bicyclic) bond motifs is 1. The predicted octanol–water partition coefficient (Wildman–Crippen LogP) is 5.02. The van der Waals surface area contributed by atoms with E-state index in [2.05, 4.69) is 21.8 Å². The van der Waals surface area contributed by atoms with Crippen LogP contribution in [0.2, 0.25) is 0 Å². The largest absolute Gasteiger partial charge is 0.444 e. The van der Waals surface area contributed by atoms with E-state index in [1.807, 2.05) is 31.5 Å². The molecule has 0 radical (unpaired) electrons. The lowest BCUT2D eigenvalue weighted by Gasteiger charge is -2.41. The SMILES string of the molecule is C[C@H]1CN(C(=O)OC(C)(C)C)CCN1c1ncnc2c1c(C1CC1)cn2-c1ccc(F)c(F)c1. The summed E-state index contributed by atoms with van der Waals surface area (Å²) in [4.78, 5) is 25.7. The van der Waals surface area contributed by atoms with Crippen LogP contribution in [0.4, 0.5) is 19.4 Å². The number of nitrogens with zero attached hydrogens (tertiary/aromatic N) is 5. The van der Waals surface area contributed by atoms with Gasteiger partial charge in [0, 0.05) is 37.9 Å². The Labute approximate surface area is 197 Å². The van der Waals surface area contributed by atoms with Gasteiger partial charge in [-0.1, -0.05) is 0 Å². The van der Waals surface area contributed by atoms with Crippen molar-refractivity contribution in [3.63, 3.8) is 0 Å². The molecule has 0 bridgehead atoms. The molecule has 34 heavy (non-hydrogen) atoms. The van der Waals surface area contributed by atoms with Crippen LogP contribution in [0.3, 0.4) is 0 Å². The normalized spacial score (nSPS) is 19.1. The van der Waals surface area contributed by atoms with E-state index in [1.54, 1.807) is 11.0 Å². The van der Waals surface area contributed by atoms with Crippen molar-refractivity contribution in [2.24, 2.45) is 0 Å². The molecular weight excluding hydrogens is 440 g/mol. The molecule has 180 valence electrons. The molecule has 3 heterocycles. The molecule has 1 atom stereocenters. The third-order valence-electron chi connectivity index (χ3n) is 6.34. The van der Waals surface area contributed by atoms with E-state index in [-0.39, 0.29) is 12.1 Å². The van der Waals surface area contributed by atoms with Gasteiger partial charge in [-0.3, -0.25) is 0 Å². The fourth-order valence-corrected chi connectivity index (χ4v) is 4.59. The fraction of sp³-hybridized carbons (Fsp3) is 0.480. The van der Waals surface area contributed by atoms with E-state index in [4.69, 9.17) is 4.74 Å². The van der Waals surface area contributed by atoms with Gasteiger partial charge in [0.1, 0.15) is 23.4 Å². The standard InChI is InChI=1S/C25H29F2N5O2/c1-15-12-30(24(33)34-25(2,3)4)9-10-31(15)22-21-18(16-5-6-16)13-32(23(21)29-14-28-22)17-7-8-19(26)20(27)11-17/h7-8,11,13-16H,5-6,9-10,12H2,1-4H3/t15-/m0/s1. The average molecular weight is 470 g/mol. The maximum Gasteiger partial charge on any atom is 0.410 e. The van der Waals surface area contributed by atoms with E-state index in [0.29, 0.717) is 36.9 Å². The summed E-state index contributed by atoms with van der Waals surface area (Å²) in [6.07, 6.45) is 5.34. The Kier molecular flexibility index (Phi) is 5.45. The lowest BCUT2D eigenvalue weighted by atomic mass is 10.1. The molecule has 9 heteroatoms. The maximum atomic E-state index is 14.0. The molecule has 1 aliphatic heterocycles. The van der Waals surface area contributed by atoms with Crippen LogP contribution in [0.15, 0.2) is 30.7 Å². The first-order valence-corrected chi connectivity index (χ1v) is 11.7. The average Bonchev–Trinajstić information content (AvgIpc) is 3.54. The van der Waals surface area contributed by atoms with Gasteiger partial charge < -0.3 is 19.1 Å². The second-order valence-electron chi connectivity index (χ2n) is 10.2. The van der Waals surface area contributed by atoms with Crippen LogP contribution < -0.4 is 4.90 Å². The summed E-state index contributed by atoms with van der Waals surface area (Å²) in [6.45, 7) is 9.29. The molecule has 2 fully saturated rings. The zero-order valence-corrected chi connectivity index (χ0v) is 19.9. The van der Waals surface area contributed by atoms with Crippen molar-refractivity contribution in [2.75, 3.05) is 24.5 Å². The van der Waals surface area contributed by atoms with Gasteiger partial charge in [0.2, 0.25) is 0 Å². The molecule has 7 nitrogen and oxygen atoms in total. The Morgan fingerprint density at radius 3 is 2.53 bits per heavy atom. The van der Waals surface area contributed by atoms with Crippen LogP contribution in [-0.2, 0) is 4.74 Å². The monoisotopic (exact) mass is 469 g/mol. The van der Waals surface area contributed by atoms with E-state index >= 15 is 0 Å². The second kappa shape index (κ2) is 8.21. The zero-order chi connectivity index (χ0) is 24.2. The third-order valence-corrected chi connectivity index (χ3v) is 6.34. The summed E-state index contributed by atoms with van der Waals surface area (Å²) < 4.78 is 34.9. The highest BCUT2D eigenvalue weighted by Gasteiger charge is 2.34. The number of hydrogen-bond acceptors (Lipinski definition) is 5. The number of hydrogen-bond donors (Lipinski definition) is 0. The number of amides is 1. The first-order chi connectivity index (χ1) is 16.1. The number of piperazine rings is 1. The van der Waals surface area contributed by atoms with Gasteiger partial charge in [-0.2, -0.15) is 0 Å². The summed E-state index contributed by atoms with van der Waals surface area (Å²) in [5.74, 6) is -0.565. The van der Waals surface area contributed by atoms with Crippen molar-refractivity contribution >= 4 is 22.9 Å². The minimum atomic E-state index is -0.895. The van der Waals surface area contributed by atoms with Gasteiger partial charge in [-0.05, 0) is 64.2 Å². The predicted molar refractivity (Wildman–Crippen MR) is 125 cm³/mol. The van der Waals surface area contributed by atoms with Crippen LogP contribution >= 0.6 is 0 Å². The molecule has 2 aliphatic rings. The van der Waals surface area contributed by atoms with Gasteiger partial charge in [0.25, 0.3) is 0 Å². The highest BCUT2D eigenvalue weighted by molar-refractivity contribution is 5.93. The van der Waals surface area contributed by atoms with Crippen LogP contribution in [0.25, 0.3) is 16.7 Å². The highest BCUT2D eigenvalue weighted by Crippen LogP contribution is 2.46. The molecule has 5 rings (SSSR count). The number of aromatic nitrogens is 3. The van der Waals surface area contributed by atoms with E-state index < -0.39 is 17.2 Å². The van der Waals surface area contributed by atoms with E-state index in [9.17, 15) is 13.6 Å². The molecule has 1 saturated carbocycles. The molecule has 1 aromatic carbocycles. The summed E-state index contributed by atoms with van der Waals surface area (Å²) >= 11 is 0. The number of rotatable bonds is 3. The van der Waals surface area contributed by atoms with Gasteiger partial charge in [-0.25, -0.2) is 23.5 Å². The van der Waals surface area contributed by atoms with E-state index in [1.165, 1.54) is 12.4 Å². The lowest BCUT2D eigenvalue weighted by Crippen LogP contribution is -2.54. The molecule has 1 amide bonds. The van der Waals surface area contributed by atoms with Gasteiger partial charge >= 0.3 is 6.09 Å². The van der Waals surface area contributed by atoms with Gasteiger partial charge in [0.15, 0.2) is 11.6 Å². The lowest BCUT2D eigenvalue weighted by molar-refractivity contribution is 0.0218. The second-order valence-corrected chi connectivity index (χ2v) is 10.2. The molecule has 1 aliphatic carbocycles. The number of carbonyl (C=O) groups excluding carboxylic acids is 1. The zero-order valence-electron chi connectivity index (χ0n) is 19.9. The topological polar surface area (TPSA) is 63.5 Å². The molecule has 0 unspecified atom stereocenters. The molecule has 2 aromatic heterocycles. The molecule has 0 N–H and O–H groups in total. The number of anilines is 1. The van der Waals surface area contributed by atoms with Gasteiger partial charge in [0.05, 0.1) is 11.1 Å². The van der Waals surface area contributed by atoms with Crippen molar-refractivity contribution in [3.8, 4) is 5.69 Å². The first-order valence-electron chi connectivity index (χ1n) is 11.7. The van der Waals surface area contributed by atoms with Crippen LogP contribution in [0.5, 0.6) is 0 Å². The van der Waals surface area contributed by atoms with Crippen molar-refractivity contribution < 1.29 is 18.3 Å². The number of halogens is 2. The van der Waals surface area contributed by atoms with Crippen LogP contribution in [-0.4, -0.2) is 56.8 Å². The summed E-state index contributed by atoms with van der Waals surface area (Å²) in [6, 6.07) is 3.89. The summed E-state index contributed by atoms with van der Waals surface area (Å²) in [5, 5.41) is 0.937.